The van der Waals surface area contributed by atoms with Crippen LogP contribution in [0.25, 0.3) is 0 Å². The largest absolute Gasteiger partial charge is 0.0882 e. The molecule has 0 atom stereocenters. The molecule has 0 unspecified atom stereocenters. The quantitative estimate of drug-likeness (QED) is 0.0650. The summed E-state index contributed by atoms with van der Waals surface area (Å²) >= 11 is 0. The summed E-state index contributed by atoms with van der Waals surface area (Å²) in [6.07, 6.45) is 28.0. The van der Waals surface area contributed by atoms with E-state index < -0.39 is 31.7 Å². The maximum absolute atomic E-state index is 2.27. The van der Waals surface area contributed by atoms with Gasteiger partial charge in [-0.25, -0.2) is 0 Å². The Morgan fingerprint density at radius 1 is 0.117 bits per heavy atom. The summed E-state index contributed by atoms with van der Waals surface area (Å²) in [7, 11) is -1.78. The van der Waals surface area contributed by atoms with Gasteiger partial charge in [-0.1, -0.05) is 413 Å². The molecule has 0 nitrogen and oxygen atoms in total. The van der Waals surface area contributed by atoms with Crippen molar-refractivity contribution in [3.8, 4) is 0 Å². The van der Waals surface area contributed by atoms with Crippen LogP contribution in [-0.2, 0) is 33.0 Å². The van der Waals surface area contributed by atoms with Crippen molar-refractivity contribution < 1.29 is 33.0 Å². The molecule has 0 aliphatic heterocycles. The summed E-state index contributed by atoms with van der Waals surface area (Å²) in [5, 5.41) is 16.8. The predicted octanol–water partition coefficient (Wildman–Crippen LogP) is 19.1. The molecule has 14 rings (SSSR count). The first-order chi connectivity index (χ1) is 45.8. The Labute approximate surface area is 587 Å². The molecule has 0 amide bonds. The molecule has 0 N–H and O–H groups in total. The fraction of sp³-hybridized carbons (Fsp3) is 0.0909. The van der Waals surface area contributed by atoms with E-state index in [1.54, 1.807) is 0 Å². The third-order valence-corrected chi connectivity index (χ3v) is 24.6. The van der Waals surface area contributed by atoms with Gasteiger partial charge in [0.05, 0.1) is 0 Å². The van der Waals surface area contributed by atoms with E-state index in [0.29, 0.717) is 0 Å². The van der Waals surface area contributed by atoms with Gasteiger partial charge in [0.2, 0.25) is 0 Å². The Balaban J connectivity index is 0.000000163. The standard InChI is InChI=1S/4C18H15P.2C8H12.2Ni/c4*1-4-10-16(11-5-1)19(17-12-6-2-7-13-17)18-14-8-3-9-15-18;2*1-2-4-6-8-7-5-3-1;;/h4*1-15H;2*1-2,7-8H,3-6H2;;/b;;;;2*2-1-,8-7-;;. The Hall–Kier alpha value is -7.69. The summed E-state index contributed by atoms with van der Waals surface area (Å²) < 4.78 is 0. The maximum atomic E-state index is 2.27. The monoisotopic (exact) mass is 1380 g/mol. The molecular weight excluding hydrogens is 1300 g/mol. The Kier molecular flexibility index (Phi) is 35.1. The van der Waals surface area contributed by atoms with E-state index in [2.05, 4.69) is 413 Å². The topological polar surface area (TPSA) is 0 Å². The van der Waals surface area contributed by atoms with Gasteiger partial charge in [-0.15, -0.1) is 0 Å². The summed E-state index contributed by atoms with van der Waals surface area (Å²) in [5.41, 5.74) is 0. The summed E-state index contributed by atoms with van der Waals surface area (Å²) in [4.78, 5) is 0. The van der Waals surface area contributed by atoms with Crippen LogP contribution in [0.15, 0.2) is 413 Å². The van der Waals surface area contributed by atoms with Gasteiger partial charge in [-0.3, -0.25) is 0 Å². The normalized spacial score (nSPS) is 13.3. The van der Waals surface area contributed by atoms with Gasteiger partial charge < -0.3 is 0 Å². The Morgan fingerprint density at radius 3 is 0.266 bits per heavy atom. The van der Waals surface area contributed by atoms with E-state index >= 15 is 0 Å². The van der Waals surface area contributed by atoms with Crippen LogP contribution < -0.4 is 63.7 Å². The second-order valence-electron chi connectivity index (χ2n) is 21.6. The van der Waals surface area contributed by atoms with Crippen LogP contribution in [-0.4, -0.2) is 0 Å². The van der Waals surface area contributed by atoms with Crippen LogP contribution in [0.5, 0.6) is 0 Å². The van der Waals surface area contributed by atoms with Gasteiger partial charge in [0.15, 0.2) is 0 Å². The first-order valence-electron chi connectivity index (χ1n) is 32.2. The van der Waals surface area contributed by atoms with Crippen molar-refractivity contribution in [2.24, 2.45) is 0 Å². The van der Waals surface area contributed by atoms with E-state index in [1.165, 1.54) is 115 Å². The summed E-state index contributed by atoms with van der Waals surface area (Å²) in [6, 6.07) is 129. The molecular formula is C88H84Ni2P4. The van der Waals surface area contributed by atoms with Gasteiger partial charge in [-0.05, 0) is 147 Å². The van der Waals surface area contributed by atoms with Crippen LogP contribution >= 0.6 is 31.7 Å². The fourth-order valence-corrected chi connectivity index (χ4v) is 19.6. The molecule has 0 bridgehead atoms. The zero-order valence-electron chi connectivity index (χ0n) is 53.3. The molecule has 6 heteroatoms. The third kappa shape index (κ3) is 25.2. The zero-order chi connectivity index (χ0) is 63.0. The minimum Gasteiger partial charge on any atom is -0.0882 e. The molecule has 12 aromatic rings. The first kappa shape index (κ1) is 73.7. The Bertz CT molecular complexity index is 3020. The van der Waals surface area contributed by atoms with Crippen LogP contribution in [0.2, 0.25) is 0 Å². The number of allylic oxidation sites excluding steroid dienone is 8. The summed E-state index contributed by atoms with van der Waals surface area (Å²) in [5.74, 6) is 0. The average Bonchev–Trinajstić information content (AvgIpc) is 0.966. The first-order valence-corrected chi connectivity index (χ1v) is 37.6. The van der Waals surface area contributed by atoms with E-state index in [1.807, 2.05) is 0 Å². The molecule has 0 radical (unpaired) electrons. The summed E-state index contributed by atoms with van der Waals surface area (Å²) in [6.45, 7) is 0. The molecule has 2 aliphatic carbocycles. The van der Waals surface area contributed by atoms with Gasteiger partial charge in [-0.2, -0.15) is 0 Å². The van der Waals surface area contributed by atoms with E-state index in [0.717, 1.165) is 0 Å². The second kappa shape index (κ2) is 44.8. The van der Waals surface area contributed by atoms with E-state index in [-0.39, 0.29) is 33.0 Å². The number of benzene rings is 12. The van der Waals surface area contributed by atoms with Crippen molar-refractivity contribution in [1.82, 2.24) is 0 Å². The van der Waals surface area contributed by atoms with Gasteiger partial charge in [0, 0.05) is 33.0 Å². The smallest absolute Gasteiger partial charge is 0 e. The molecule has 0 saturated carbocycles. The van der Waals surface area contributed by atoms with Crippen molar-refractivity contribution in [2.75, 3.05) is 0 Å². The fourth-order valence-electron chi connectivity index (χ4n) is 10.4. The molecule has 0 spiro atoms. The van der Waals surface area contributed by atoms with E-state index in [4.69, 9.17) is 0 Å². The molecule has 0 heterocycles. The maximum Gasteiger partial charge on any atom is 0 e. The van der Waals surface area contributed by atoms with Crippen molar-refractivity contribution in [3.05, 3.63) is 413 Å². The minimum absolute atomic E-state index is 0. The van der Waals surface area contributed by atoms with Gasteiger partial charge >= 0.3 is 0 Å². The van der Waals surface area contributed by atoms with Crippen molar-refractivity contribution in [2.45, 2.75) is 51.4 Å². The van der Waals surface area contributed by atoms with E-state index in [9.17, 15) is 0 Å². The van der Waals surface area contributed by atoms with Crippen molar-refractivity contribution in [3.63, 3.8) is 0 Å². The molecule has 12 aromatic carbocycles. The Morgan fingerprint density at radius 2 is 0.191 bits per heavy atom. The molecule has 0 fully saturated rings. The van der Waals surface area contributed by atoms with Crippen molar-refractivity contribution in [1.29, 1.82) is 0 Å². The third-order valence-electron chi connectivity index (χ3n) is 14.8. The minimum atomic E-state index is -0.446. The molecule has 2 aliphatic rings. The molecule has 0 aromatic heterocycles. The van der Waals surface area contributed by atoms with Gasteiger partial charge in [0.25, 0.3) is 0 Å². The number of hydrogen-bond donors (Lipinski definition) is 0. The van der Waals surface area contributed by atoms with Crippen LogP contribution in [0.4, 0.5) is 0 Å². The van der Waals surface area contributed by atoms with Crippen LogP contribution in [0.1, 0.15) is 51.4 Å². The van der Waals surface area contributed by atoms with Crippen molar-refractivity contribution >= 4 is 95.3 Å². The molecule has 0 saturated heterocycles. The molecule has 476 valence electrons. The average molecular weight is 1380 g/mol. The zero-order valence-corrected chi connectivity index (χ0v) is 58.9. The predicted molar refractivity (Wildman–Crippen MR) is 414 cm³/mol. The van der Waals surface area contributed by atoms with Crippen LogP contribution in [0, 0.1) is 0 Å². The number of hydrogen-bond acceptors (Lipinski definition) is 0. The second-order valence-corrected chi connectivity index (χ2v) is 30.4. The molecule has 94 heavy (non-hydrogen) atoms. The SMILES string of the molecule is C1=C\CC/C=C\CC/1.C1=C\CC/C=C\CC/1.[Ni].[Ni].c1ccc(P(c2ccccc2)c2ccccc2)cc1.c1ccc(P(c2ccccc2)c2ccccc2)cc1.c1ccc(P(c2ccccc2)c2ccccc2)cc1.c1ccc(P(c2ccccc2)c2ccccc2)cc1. The number of rotatable bonds is 12. The van der Waals surface area contributed by atoms with Gasteiger partial charge in [0.1, 0.15) is 0 Å². The van der Waals surface area contributed by atoms with Crippen LogP contribution in [0.3, 0.4) is 0 Å².